The van der Waals surface area contributed by atoms with E-state index in [1.807, 2.05) is 13.8 Å². The Morgan fingerprint density at radius 3 is 2.69 bits per heavy atom. The van der Waals surface area contributed by atoms with Crippen molar-refractivity contribution in [2.75, 3.05) is 19.7 Å². The molecule has 13 heavy (non-hydrogen) atoms. The molecule has 1 N–H and O–H groups in total. The molecule has 0 aromatic heterocycles. The van der Waals surface area contributed by atoms with Crippen LogP contribution in [0.3, 0.4) is 0 Å². The Hall–Kier alpha value is -0.570. The molecular formula is C10H19NO2. The molecular weight excluding hydrogens is 166 g/mol. The van der Waals surface area contributed by atoms with Crippen LogP contribution >= 0.6 is 0 Å². The average Bonchev–Trinajstić information content (AvgIpc) is 2.47. The predicted octanol–water partition coefficient (Wildman–Crippen LogP) is 1.04. The van der Waals surface area contributed by atoms with E-state index in [0.717, 1.165) is 13.1 Å². The van der Waals surface area contributed by atoms with Gasteiger partial charge in [-0.05, 0) is 18.4 Å². The minimum absolute atomic E-state index is 0.0359. The Balaban J connectivity index is 2.30. The van der Waals surface area contributed by atoms with Crippen LogP contribution < -0.4 is 5.32 Å². The van der Waals surface area contributed by atoms with Crippen molar-refractivity contribution in [3.63, 3.8) is 0 Å². The number of carbonyl (C=O) groups is 1. The van der Waals surface area contributed by atoms with Crippen LogP contribution in [0.2, 0.25) is 0 Å². The van der Waals surface area contributed by atoms with E-state index in [0.29, 0.717) is 18.4 Å². The fourth-order valence-corrected chi connectivity index (χ4v) is 1.48. The molecule has 2 atom stereocenters. The van der Waals surface area contributed by atoms with E-state index in [1.54, 1.807) is 0 Å². The standard InChI is InChI=1S/C10H19NO2/c1-7(2)6-13-10(12)9-5-11-4-8(9)3/h7-9,11H,4-6H2,1-3H3. The van der Waals surface area contributed by atoms with Gasteiger partial charge in [-0.2, -0.15) is 0 Å². The average molecular weight is 185 g/mol. The summed E-state index contributed by atoms with van der Waals surface area (Å²) in [5, 5.41) is 3.19. The highest BCUT2D eigenvalue weighted by molar-refractivity contribution is 5.73. The van der Waals surface area contributed by atoms with Gasteiger partial charge in [-0.1, -0.05) is 20.8 Å². The van der Waals surface area contributed by atoms with Gasteiger partial charge < -0.3 is 10.1 Å². The smallest absolute Gasteiger partial charge is 0.310 e. The molecule has 1 fully saturated rings. The largest absolute Gasteiger partial charge is 0.465 e. The summed E-state index contributed by atoms with van der Waals surface area (Å²) >= 11 is 0. The molecule has 1 rings (SSSR count). The van der Waals surface area contributed by atoms with Crippen LogP contribution in [0, 0.1) is 17.8 Å². The number of nitrogens with one attached hydrogen (secondary N) is 1. The Labute approximate surface area is 79.8 Å². The predicted molar refractivity (Wildman–Crippen MR) is 51.3 cm³/mol. The first-order valence-electron chi connectivity index (χ1n) is 4.98. The van der Waals surface area contributed by atoms with Crippen LogP contribution in [0.25, 0.3) is 0 Å². The van der Waals surface area contributed by atoms with E-state index in [9.17, 15) is 4.79 Å². The maximum atomic E-state index is 11.5. The summed E-state index contributed by atoms with van der Waals surface area (Å²) < 4.78 is 5.18. The van der Waals surface area contributed by atoms with E-state index in [-0.39, 0.29) is 11.9 Å². The SMILES string of the molecule is CC(C)COC(=O)C1CNCC1C. The highest BCUT2D eigenvalue weighted by Crippen LogP contribution is 2.17. The van der Waals surface area contributed by atoms with Gasteiger partial charge in [-0.3, -0.25) is 4.79 Å². The van der Waals surface area contributed by atoms with Gasteiger partial charge in [0.2, 0.25) is 0 Å². The van der Waals surface area contributed by atoms with Crippen LogP contribution in [0.1, 0.15) is 20.8 Å². The van der Waals surface area contributed by atoms with E-state index < -0.39 is 0 Å². The van der Waals surface area contributed by atoms with Gasteiger partial charge in [0.15, 0.2) is 0 Å². The Morgan fingerprint density at radius 1 is 1.54 bits per heavy atom. The van der Waals surface area contributed by atoms with E-state index in [2.05, 4.69) is 12.2 Å². The lowest BCUT2D eigenvalue weighted by molar-refractivity contribution is -0.150. The van der Waals surface area contributed by atoms with Gasteiger partial charge >= 0.3 is 5.97 Å². The van der Waals surface area contributed by atoms with Crippen LogP contribution in [0.5, 0.6) is 0 Å². The molecule has 0 aromatic rings. The molecule has 1 saturated heterocycles. The molecule has 0 amide bonds. The molecule has 0 spiro atoms. The van der Waals surface area contributed by atoms with Gasteiger partial charge in [0.1, 0.15) is 0 Å². The Morgan fingerprint density at radius 2 is 2.23 bits per heavy atom. The van der Waals surface area contributed by atoms with Crippen molar-refractivity contribution in [1.82, 2.24) is 5.32 Å². The van der Waals surface area contributed by atoms with Crippen molar-refractivity contribution >= 4 is 5.97 Å². The summed E-state index contributed by atoms with van der Waals surface area (Å²) in [5.74, 6) is 0.873. The third-order valence-electron chi connectivity index (χ3n) is 2.38. The van der Waals surface area contributed by atoms with E-state index in [1.165, 1.54) is 0 Å². The minimum Gasteiger partial charge on any atom is -0.465 e. The van der Waals surface area contributed by atoms with Crippen LogP contribution in [0.4, 0.5) is 0 Å². The van der Waals surface area contributed by atoms with Crippen molar-refractivity contribution in [3.8, 4) is 0 Å². The molecule has 0 bridgehead atoms. The highest BCUT2D eigenvalue weighted by atomic mass is 16.5. The molecule has 0 aromatic carbocycles. The van der Waals surface area contributed by atoms with Gasteiger partial charge in [0.25, 0.3) is 0 Å². The second-order valence-electron chi connectivity index (χ2n) is 4.27. The first kappa shape index (κ1) is 10.5. The molecule has 0 aliphatic carbocycles. The number of ether oxygens (including phenoxy) is 1. The van der Waals surface area contributed by atoms with Gasteiger partial charge in [-0.25, -0.2) is 0 Å². The number of rotatable bonds is 3. The summed E-state index contributed by atoms with van der Waals surface area (Å²) in [4.78, 5) is 11.5. The summed E-state index contributed by atoms with van der Waals surface area (Å²) in [6.45, 7) is 8.43. The normalized spacial score (nSPS) is 28.0. The zero-order valence-electron chi connectivity index (χ0n) is 8.67. The van der Waals surface area contributed by atoms with Crippen LogP contribution in [-0.4, -0.2) is 25.7 Å². The zero-order valence-corrected chi connectivity index (χ0v) is 8.67. The van der Waals surface area contributed by atoms with Gasteiger partial charge in [-0.15, -0.1) is 0 Å². The Kier molecular flexibility index (Phi) is 3.72. The molecule has 1 heterocycles. The third kappa shape index (κ3) is 2.99. The number of esters is 1. The second kappa shape index (κ2) is 4.61. The molecule has 76 valence electrons. The number of hydrogen-bond donors (Lipinski definition) is 1. The van der Waals surface area contributed by atoms with Crippen molar-refractivity contribution in [2.45, 2.75) is 20.8 Å². The maximum Gasteiger partial charge on any atom is 0.310 e. The van der Waals surface area contributed by atoms with Crippen molar-refractivity contribution < 1.29 is 9.53 Å². The maximum absolute atomic E-state index is 11.5. The van der Waals surface area contributed by atoms with Crippen molar-refractivity contribution in [1.29, 1.82) is 0 Å². The lowest BCUT2D eigenvalue weighted by Crippen LogP contribution is -2.25. The molecule has 3 nitrogen and oxygen atoms in total. The number of hydrogen-bond acceptors (Lipinski definition) is 3. The van der Waals surface area contributed by atoms with E-state index in [4.69, 9.17) is 4.74 Å². The van der Waals surface area contributed by atoms with E-state index >= 15 is 0 Å². The summed E-state index contributed by atoms with van der Waals surface area (Å²) in [6.07, 6.45) is 0. The first-order chi connectivity index (χ1) is 6.11. The topological polar surface area (TPSA) is 38.3 Å². The molecule has 1 aliphatic heterocycles. The van der Waals surface area contributed by atoms with Crippen LogP contribution in [-0.2, 0) is 9.53 Å². The van der Waals surface area contributed by atoms with Crippen LogP contribution in [0.15, 0.2) is 0 Å². The Bertz CT molecular complexity index is 180. The van der Waals surface area contributed by atoms with Gasteiger partial charge in [0, 0.05) is 6.54 Å². The van der Waals surface area contributed by atoms with Crippen molar-refractivity contribution in [3.05, 3.63) is 0 Å². The summed E-state index contributed by atoms with van der Waals surface area (Å²) in [7, 11) is 0. The first-order valence-corrected chi connectivity index (χ1v) is 4.98. The third-order valence-corrected chi connectivity index (χ3v) is 2.38. The molecule has 0 radical (unpaired) electrons. The van der Waals surface area contributed by atoms with Gasteiger partial charge in [0.05, 0.1) is 12.5 Å². The quantitative estimate of drug-likeness (QED) is 0.668. The lowest BCUT2D eigenvalue weighted by Gasteiger charge is -2.14. The second-order valence-corrected chi connectivity index (χ2v) is 4.27. The molecule has 0 saturated carbocycles. The molecule has 2 unspecified atom stereocenters. The monoisotopic (exact) mass is 185 g/mol. The summed E-state index contributed by atoms with van der Waals surface area (Å²) in [6, 6.07) is 0. The molecule has 1 aliphatic rings. The van der Waals surface area contributed by atoms with Crippen molar-refractivity contribution in [2.24, 2.45) is 17.8 Å². The summed E-state index contributed by atoms with van der Waals surface area (Å²) in [5.41, 5.74) is 0. The fraction of sp³-hybridized carbons (Fsp3) is 0.900. The lowest BCUT2D eigenvalue weighted by atomic mass is 9.99. The fourth-order valence-electron chi connectivity index (χ4n) is 1.48. The zero-order chi connectivity index (χ0) is 9.84. The highest BCUT2D eigenvalue weighted by Gasteiger charge is 2.30. The molecule has 3 heteroatoms. The minimum atomic E-state index is -0.0359. The number of carbonyl (C=O) groups excluding carboxylic acids is 1.